The van der Waals surface area contributed by atoms with Gasteiger partial charge in [-0.1, -0.05) is 17.7 Å². The smallest absolute Gasteiger partial charge is 0.227 e. The van der Waals surface area contributed by atoms with Crippen molar-refractivity contribution in [1.82, 2.24) is 5.32 Å². The Kier molecular flexibility index (Phi) is 6.42. The molecular formula is C17H23ClN2O3. The number of carbonyl (C=O) groups is 2. The maximum absolute atomic E-state index is 12.2. The molecule has 5 nitrogen and oxygen atoms in total. The van der Waals surface area contributed by atoms with Crippen LogP contribution >= 0.6 is 11.6 Å². The molecule has 1 saturated heterocycles. The molecule has 6 heteroatoms. The van der Waals surface area contributed by atoms with Crippen molar-refractivity contribution in [3.05, 3.63) is 28.8 Å². The minimum Gasteiger partial charge on any atom is -0.382 e. The van der Waals surface area contributed by atoms with E-state index in [2.05, 4.69) is 5.32 Å². The summed E-state index contributed by atoms with van der Waals surface area (Å²) in [6.45, 7) is 6.13. The first kappa shape index (κ1) is 17.8. The summed E-state index contributed by atoms with van der Waals surface area (Å²) in [7, 11) is 0. The lowest BCUT2D eigenvalue weighted by molar-refractivity contribution is -0.126. The average molecular weight is 339 g/mol. The van der Waals surface area contributed by atoms with E-state index in [1.807, 2.05) is 26.0 Å². The van der Waals surface area contributed by atoms with Gasteiger partial charge in [-0.3, -0.25) is 9.59 Å². The first-order chi connectivity index (χ1) is 11.0. The van der Waals surface area contributed by atoms with Crippen molar-refractivity contribution in [2.24, 2.45) is 5.92 Å². The fourth-order valence-electron chi connectivity index (χ4n) is 2.56. The quantitative estimate of drug-likeness (QED) is 0.777. The molecular weight excluding hydrogens is 316 g/mol. The highest BCUT2D eigenvalue weighted by Crippen LogP contribution is 2.28. The molecule has 0 radical (unpaired) electrons. The van der Waals surface area contributed by atoms with E-state index in [4.69, 9.17) is 16.3 Å². The van der Waals surface area contributed by atoms with Gasteiger partial charge >= 0.3 is 0 Å². The van der Waals surface area contributed by atoms with E-state index < -0.39 is 0 Å². The van der Waals surface area contributed by atoms with E-state index in [-0.39, 0.29) is 24.2 Å². The normalized spacial score (nSPS) is 17.6. The predicted octanol–water partition coefficient (Wildman–Crippen LogP) is 2.54. The van der Waals surface area contributed by atoms with Crippen molar-refractivity contribution in [2.45, 2.75) is 26.7 Å². The number of ether oxygens (including phenoxy) is 1. The zero-order valence-corrected chi connectivity index (χ0v) is 14.4. The highest BCUT2D eigenvalue weighted by atomic mass is 35.5. The van der Waals surface area contributed by atoms with Gasteiger partial charge in [-0.25, -0.2) is 0 Å². The summed E-state index contributed by atoms with van der Waals surface area (Å²) in [5.74, 6) is -0.426. The van der Waals surface area contributed by atoms with Crippen molar-refractivity contribution in [1.29, 1.82) is 0 Å². The first-order valence-electron chi connectivity index (χ1n) is 7.95. The molecule has 1 heterocycles. The SMILES string of the molecule is CCOCCCNC(=O)[C@@H]1CC(=O)N(c2ccc(C)c(Cl)c2)C1. The Morgan fingerprint density at radius 1 is 1.48 bits per heavy atom. The van der Waals surface area contributed by atoms with E-state index in [0.29, 0.717) is 31.3 Å². The Morgan fingerprint density at radius 3 is 2.96 bits per heavy atom. The maximum atomic E-state index is 12.2. The highest BCUT2D eigenvalue weighted by Gasteiger charge is 2.35. The second-order valence-corrected chi connectivity index (χ2v) is 6.09. The molecule has 0 aliphatic carbocycles. The molecule has 1 aliphatic heterocycles. The molecule has 23 heavy (non-hydrogen) atoms. The number of hydrogen-bond donors (Lipinski definition) is 1. The first-order valence-corrected chi connectivity index (χ1v) is 8.32. The number of halogens is 1. The van der Waals surface area contributed by atoms with Crippen LogP contribution in [0.15, 0.2) is 18.2 Å². The molecule has 1 fully saturated rings. The molecule has 2 rings (SSSR count). The largest absolute Gasteiger partial charge is 0.382 e. The molecule has 0 aromatic heterocycles. The summed E-state index contributed by atoms with van der Waals surface area (Å²) in [5, 5.41) is 3.50. The summed E-state index contributed by atoms with van der Waals surface area (Å²) < 4.78 is 5.23. The van der Waals surface area contributed by atoms with E-state index in [1.54, 1.807) is 11.0 Å². The van der Waals surface area contributed by atoms with Gasteiger partial charge in [0.25, 0.3) is 0 Å². The van der Waals surface area contributed by atoms with Gasteiger partial charge in [0.05, 0.1) is 5.92 Å². The van der Waals surface area contributed by atoms with Gasteiger partial charge in [0, 0.05) is 43.4 Å². The molecule has 1 aromatic carbocycles. The molecule has 0 unspecified atom stereocenters. The number of carbonyl (C=O) groups excluding carboxylic acids is 2. The van der Waals surface area contributed by atoms with E-state index >= 15 is 0 Å². The molecule has 1 N–H and O–H groups in total. The van der Waals surface area contributed by atoms with Crippen LogP contribution in [0.1, 0.15) is 25.3 Å². The number of hydrogen-bond acceptors (Lipinski definition) is 3. The Labute approximate surface area is 141 Å². The van der Waals surface area contributed by atoms with Gasteiger partial charge in [-0.2, -0.15) is 0 Å². The third-order valence-electron chi connectivity index (χ3n) is 3.93. The number of amides is 2. The van der Waals surface area contributed by atoms with Crippen molar-refractivity contribution < 1.29 is 14.3 Å². The van der Waals surface area contributed by atoms with Crippen LogP contribution in [-0.4, -0.2) is 38.1 Å². The minimum absolute atomic E-state index is 0.0422. The number of benzene rings is 1. The lowest BCUT2D eigenvalue weighted by atomic mass is 10.1. The van der Waals surface area contributed by atoms with Crippen molar-refractivity contribution in [3.8, 4) is 0 Å². The van der Waals surface area contributed by atoms with Crippen molar-refractivity contribution >= 4 is 29.1 Å². The van der Waals surface area contributed by atoms with Crippen LogP contribution in [-0.2, 0) is 14.3 Å². The summed E-state index contributed by atoms with van der Waals surface area (Å²) in [4.78, 5) is 26.0. The van der Waals surface area contributed by atoms with Crippen LogP contribution in [0.4, 0.5) is 5.69 Å². The summed E-state index contributed by atoms with van der Waals surface area (Å²) in [6.07, 6.45) is 1.01. The van der Waals surface area contributed by atoms with Crippen LogP contribution in [0, 0.1) is 12.8 Å². The lowest BCUT2D eigenvalue weighted by Gasteiger charge is -2.17. The van der Waals surface area contributed by atoms with Crippen LogP contribution in [0.5, 0.6) is 0 Å². The van der Waals surface area contributed by atoms with E-state index in [0.717, 1.165) is 17.7 Å². The summed E-state index contributed by atoms with van der Waals surface area (Å²) in [5.41, 5.74) is 1.71. The summed E-state index contributed by atoms with van der Waals surface area (Å²) >= 11 is 6.12. The minimum atomic E-state index is -0.310. The number of anilines is 1. The topological polar surface area (TPSA) is 58.6 Å². The number of nitrogens with zero attached hydrogens (tertiary/aromatic N) is 1. The Bertz CT molecular complexity index is 577. The predicted molar refractivity (Wildman–Crippen MR) is 90.8 cm³/mol. The van der Waals surface area contributed by atoms with Crippen LogP contribution in [0.3, 0.4) is 0 Å². The number of aryl methyl sites for hydroxylation is 1. The number of rotatable bonds is 7. The average Bonchev–Trinajstić information content (AvgIpc) is 2.92. The second-order valence-electron chi connectivity index (χ2n) is 5.68. The van der Waals surface area contributed by atoms with Gasteiger partial charge in [-0.05, 0) is 38.0 Å². The highest BCUT2D eigenvalue weighted by molar-refractivity contribution is 6.31. The monoisotopic (exact) mass is 338 g/mol. The fraction of sp³-hybridized carbons (Fsp3) is 0.529. The second kappa shape index (κ2) is 8.31. The molecule has 0 bridgehead atoms. The third-order valence-corrected chi connectivity index (χ3v) is 4.34. The zero-order chi connectivity index (χ0) is 16.8. The van der Waals surface area contributed by atoms with Crippen LogP contribution < -0.4 is 10.2 Å². The van der Waals surface area contributed by atoms with Gasteiger partial charge < -0.3 is 15.0 Å². The van der Waals surface area contributed by atoms with Crippen LogP contribution in [0.25, 0.3) is 0 Å². The lowest BCUT2D eigenvalue weighted by Crippen LogP contribution is -2.33. The molecule has 2 amide bonds. The fourth-order valence-corrected chi connectivity index (χ4v) is 2.73. The standard InChI is InChI=1S/C17H23ClN2O3/c1-3-23-8-4-7-19-17(22)13-9-16(21)20(11-13)14-6-5-12(2)15(18)10-14/h5-6,10,13H,3-4,7-9,11H2,1-2H3,(H,19,22)/t13-/m1/s1. The van der Waals surface area contributed by atoms with Crippen LogP contribution in [0.2, 0.25) is 5.02 Å². The van der Waals surface area contributed by atoms with E-state index in [1.165, 1.54) is 0 Å². The Morgan fingerprint density at radius 2 is 2.26 bits per heavy atom. The number of nitrogens with one attached hydrogen (secondary N) is 1. The summed E-state index contributed by atoms with van der Waals surface area (Å²) in [6, 6.07) is 5.52. The molecule has 0 spiro atoms. The van der Waals surface area contributed by atoms with Gasteiger partial charge in [-0.15, -0.1) is 0 Å². The zero-order valence-electron chi connectivity index (χ0n) is 13.6. The molecule has 126 valence electrons. The molecule has 1 aliphatic rings. The van der Waals surface area contributed by atoms with E-state index in [9.17, 15) is 9.59 Å². The Hall–Kier alpha value is -1.59. The van der Waals surface area contributed by atoms with Gasteiger partial charge in [0.1, 0.15) is 0 Å². The van der Waals surface area contributed by atoms with Crippen molar-refractivity contribution in [2.75, 3.05) is 31.2 Å². The third kappa shape index (κ3) is 4.69. The van der Waals surface area contributed by atoms with Crippen molar-refractivity contribution in [3.63, 3.8) is 0 Å². The van der Waals surface area contributed by atoms with Gasteiger partial charge in [0.2, 0.25) is 11.8 Å². The van der Waals surface area contributed by atoms with Gasteiger partial charge in [0.15, 0.2) is 0 Å². The maximum Gasteiger partial charge on any atom is 0.227 e. The molecule has 0 saturated carbocycles. The molecule has 1 aromatic rings. The molecule has 1 atom stereocenters. The Balaban J connectivity index is 1.89.